The summed E-state index contributed by atoms with van der Waals surface area (Å²) in [5.41, 5.74) is 3.19. The van der Waals surface area contributed by atoms with Gasteiger partial charge in [0.1, 0.15) is 5.82 Å². The van der Waals surface area contributed by atoms with Gasteiger partial charge >= 0.3 is 0 Å². The van der Waals surface area contributed by atoms with Gasteiger partial charge in [-0.25, -0.2) is 0 Å². The Hall–Kier alpha value is -3.45. The summed E-state index contributed by atoms with van der Waals surface area (Å²) < 4.78 is 1.81. The molecule has 0 spiro atoms. The zero-order valence-corrected chi connectivity index (χ0v) is 17.1. The average molecular weight is 400 g/mol. The Morgan fingerprint density at radius 3 is 2.30 bits per heavy atom. The van der Waals surface area contributed by atoms with Crippen LogP contribution in [0.4, 0.5) is 17.5 Å². The van der Waals surface area contributed by atoms with E-state index >= 15 is 0 Å². The molecule has 0 aliphatic carbocycles. The number of fused-ring (bicyclic) bond motifs is 1. The Balaban J connectivity index is 1.36. The van der Waals surface area contributed by atoms with E-state index in [1.165, 1.54) is 5.56 Å². The van der Waals surface area contributed by atoms with Gasteiger partial charge in [0.05, 0.1) is 11.6 Å². The molecule has 7 nitrogen and oxygen atoms in total. The summed E-state index contributed by atoms with van der Waals surface area (Å²) in [5.74, 6) is 1.55. The van der Waals surface area contributed by atoms with E-state index in [1.54, 1.807) is 0 Å². The highest BCUT2D eigenvalue weighted by atomic mass is 15.4. The fraction of sp³-hybridized carbons (Fsp3) is 0.261. The van der Waals surface area contributed by atoms with Crippen LogP contribution in [0.25, 0.3) is 11.0 Å². The Kier molecular flexibility index (Phi) is 5.03. The van der Waals surface area contributed by atoms with Crippen molar-refractivity contribution >= 4 is 28.5 Å². The van der Waals surface area contributed by atoms with Gasteiger partial charge in [-0.05, 0) is 17.7 Å². The lowest BCUT2D eigenvalue weighted by molar-refractivity contribution is 0.249. The molecular weight excluding hydrogens is 374 g/mol. The first-order valence-electron chi connectivity index (χ1n) is 10.3. The van der Waals surface area contributed by atoms with Gasteiger partial charge < -0.3 is 10.2 Å². The van der Waals surface area contributed by atoms with Crippen molar-refractivity contribution in [3.8, 4) is 0 Å². The SMILES string of the molecule is Cn1ncc2c(Nc3ccccc3)nc(N3CCN(Cc4ccccc4)CC3)nc21. The second-order valence-electron chi connectivity index (χ2n) is 7.62. The fourth-order valence-corrected chi connectivity index (χ4v) is 3.85. The molecule has 0 unspecified atom stereocenters. The number of nitrogens with one attached hydrogen (secondary N) is 1. The molecule has 0 radical (unpaired) electrons. The third-order valence-corrected chi connectivity index (χ3v) is 5.52. The van der Waals surface area contributed by atoms with Gasteiger partial charge in [-0.3, -0.25) is 9.58 Å². The van der Waals surface area contributed by atoms with Gasteiger partial charge in [0.2, 0.25) is 5.95 Å². The molecule has 1 aliphatic heterocycles. The zero-order chi connectivity index (χ0) is 20.3. The highest BCUT2D eigenvalue weighted by Crippen LogP contribution is 2.26. The van der Waals surface area contributed by atoms with Gasteiger partial charge in [-0.15, -0.1) is 0 Å². The number of hydrogen-bond donors (Lipinski definition) is 1. The third kappa shape index (κ3) is 3.84. The fourth-order valence-electron chi connectivity index (χ4n) is 3.85. The van der Waals surface area contributed by atoms with Crippen LogP contribution >= 0.6 is 0 Å². The molecule has 3 heterocycles. The van der Waals surface area contributed by atoms with Crippen molar-refractivity contribution < 1.29 is 0 Å². The van der Waals surface area contributed by atoms with Crippen LogP contribution in [-0.4, -0.2) is 50.8 Å². The monoisotopic (exact) mass is 399 g/mol. The van der Waals surface area contributed by atoms with Crippen molar-refractivity contribution in [2.45, 2.75) is 6.54 Å². The third-order valence-electron chi connectivity index (χ3n) is 5.52. The maximum Gasteiger partial charge on any atom is 0.229 e. The predicted molar refractivity (Wildman–Crippen MR) is 120 cm³/mol. The summed E-state index contributed by atoms with van der Waals surface area (Å²) >= 11 is 0. The largest absolute Gasteiger partial charge is 0.339 e. The van der Waals surface area contributed by atoms with Gasteiger partial charge in [-0.1, -0.05) is 48.5 Å². The summed E-state index contributed by atoms with van der Waals surface area (Å²) in [5, 5.41) is 8.75. The first-order chi connectivity index (χ1) is 14.8. The van der Waals surface area contributed by atoms with Crippen molar-refractivity contribution in [1.29, 1.82) is 0 Å². The van der Waals surface area contributed by atoms with Crippen LogP contribution in [0.3, 0.4) is 0 Å². The van der Waals surface area contributed by atoms with Crippen LogP contribution in [0.2, 0.25) is 0 Å². The topological polar surface area (TPSA) is 62.1 Å². The van der Waals surface area contributed by atoms with E-state index in [0.717, 1.165) is 61.2 Å². The Bertz CT molecular complexity index is 1120. The van der Waals surface area contributed by atoms with Crippen molar-refractivity contribution in [3.05, 3.63) is 72.4 Å². The minimum absolute atomic E-state index is 0.754. The van der Waals surface area contributed by atoms with E-state index < -0.39 is 0 Å². The molecule has 0 saturated carbocycles. The second-order valence-corrected chi connectivity index (χ2v) is 7.62. The Morgan fingerprint density at radius 2 is 1.57 bits per heavy atom. The molecule has 1 aliphatic rings. The molecule has 2 aromatic heterocycles. The molecule has 0 atom stereocenters. The number of aromatic nitrogens is 4. The number of rotatable bonds is 5. The lowest BCUT2D eigenvalue weighted by Crippen LogP contribution is -2.46. The van der Waals surface area contributed by atoms with Crippen molar-refractivity contribution in [2.24, 2.45) is 7.05 Å². The summed E-state index contributed by atoms with van der Waals surface area (Å²) in [4.78, 5) is 14.5. The highest BCUT2D eigenvalue weighted by molar-refractivity contribution is 5.89. The number of aryl methyl sites for hydroxylation is 1. The second kappa shape index (κ2) is 8.12. The van der Waals surface area contributed by atoms with E-state index in [0.29, 0.717) is 0 Å². The molecule has 4 aromatic rings. The first-order valence-corrected chi connectivity index (χ1v) is 10.3. The Labute approximate surface area is 176 Å². The number of piperazine rings is 1. The molecule has 7 heteroatoms. The van der Waals surface area contributed by atoms with Crippen LogP contribution in [0.5, 0.6) is 0 Å². The molecule has 152 valence electrons. The predicted octanol–water partition coefficient (Wildman–Crippen LogP) is 3.43. The summed E-state index contributed by atoms with van der Waals surface area (Å²) in [7, 11) is 1.92. The minimum atomic E-state index is 0.754. The number of hydrogen-bond acceptors (Lipinski definition) is 6. The average Bonchev–Trinajstić information content (AvgIpc) is 3.17. The minimum Gasteiger partial charge on any atom is -0.339 e. The highest BCUT2D eigenvalue weighted by Gasteiger charge is 2.21. The number of para-hydroxylation sites is 1. The molecular formula is C23H25N7. The van der Waals surface area contributed by atoms with Crippen LogP contribution in [0.1, 0.15) is 5.56 Å². The normalized spacial score (nSPS) is 14.9. The lowest BCUT2D eigenvalue weighted by atomic mass is 10.2. The molecule has 1 saturated heterocycles. The maximum atomic E-state index is 4.87. The summed E-state index contributed by atoms with van der Waals surface area (Å²) in [6.45, 7) is 4.77. The van der Waals surface area contributed by atoms with Crippen LogP contribution in [-0.2, 0) is 13.6 Å². The zero-order valence-electron chi connectivity index (χ0n) is 17.1. The maximum absolute atomic E-state index is 4.87. The van der Waals surface area contributed by atoms with E-state index in [2.05, 4.69) is 50.5 Å². The molecule has 5 rings (SSSR count). The van der Waals surface area contributed by atoms with E-state index in [9.17, 15) is 0 Å². The quantitative estimate of drug-likeness (QED) is 0.555. The molecule has 0 amide bonds. The molecule has 2 aromatic carbocycles. The number of nitrogens with zero attached hydrogens (tertiary/aromatic N) is 6. The van der Waals surface area contributed by atoms with Crippen LogP contribution in [0, 0.1) is 0 Å². The van der Waals surface area contributed by atoms with Crippen LogP contribution in [0.15, 0.2) is 66.9 Å². The summed E-state index contributed by atoms with van der Waals surface area (Å²) in [6, 6.07) is 20.7. The molecule has 1 N–H and O–H groups in total. The number of benzene rings is 2. The van der Waals surface area contributed by atoms with Gasteiger partial charge in [0, 0.05) is 45.5 Å². The summed E-state index contributed by atoms with van der Waals surface area (Å²) in [6.07, 6.45) is 1.82. The van der Waals surface area contributed by atoms with Gasteiger partial charge in [0.25, 0.3) is 0 Å². The standard InChI is InChI=1S/C23H25N7/c1-28-22-20(16-24-28)21(25-19-10-6-3-7-11-19)26-23(27-22)30-14-12-29(13-15-30)17-18-8-4-2-5-9-18/h2-11,16H,12-15,17H2,1H3,(H,25,26,27). The Morgan fingerprint density at radius 1 is 0.867 bits per heavy atom. The molecule has 0 bridgehead atoms. The lowest BCUT2D eigenvalue weighted by Gasteiger charge is -2.34. The first kappa shape index (κ1) is 18.6. The number of anilines is 3. The van der Waals surface area contributed by atoms with Crippen molar-refractivity contribution in [2.75, 3.05) is 36.4 Å². The van der Waals surface area contributed by atoms with Gasteiger partial charge in [-0.2, -0.15) is 15.1 Å². The smallest absolute Gasteiger partial charge is 0.229 e. The van der Waals surface area contributed by atoms with E-state index in [-0.39, 0.29) is 0 Å². The molecule has 1 fully saturated rings. The molecule has 30 heavy (non-hydrogen) atoms. The van der Waals surface area contributed by atoms with E-state index in [1.807, 2.05) is 48.3 Å². The van der Waals surface area contributed by atoms with Crippen molar-refractivity contribution in [3.63, 3.8) is 0 Å². The van der Waals surface area contributed by atoms with Gasteiger partial charge in [0.15, 0.2) is 5.65 Å². The van der Waals surface area contributed by atoms with E-state index in [4.69, 9.17) is 9.97 Å². The van der Waals surface area contributed by atoms with Crippen molar-refractivity contribution in [1.82, 2.24) is 24.6 Å². The van der Waals surface area contributed by atoms with Crippen LogP contribution < -0.4 is 10.2 Å².